The Kier molecular flexibility index (Phi) is 6.69. The van der Waals surface area contributed by atoms with Gasteiger partial charge in [0.1, 0.15) is 0 Å². The van der Waals surface area contributed by atoms with E-state index in [9.17, 15) is 9.46 Å². The number of hydrogen-bond acceptors (Lipinski definition) is 3. The van der Waals surface area contributed by atoms with E-state index >= 15 is 0 Å². The summed E-state index contributed by atoms with van der Waals surface area (Å²) >= 11 is 0. The second-order valence-corrected chi connectivity index (χ2v) is 8.37. The number of para-hydroxylation sites is 1. The van der Waals surface area contributed by atoms with E-state index in [0.29, 0.717) is 5.69 Å². The smallest absolute Gasteiger partial charge is 0.323 e. The van der Waals surface area contributed by atoms with Gasteiger partial charge in [-0.05, 0) is 47.7 Å². The molecule has 0 aliphatic heterocycles. The molecule has 0 radical (unpaired) electrons. The standard InChI is InChI=1S/C23H26NO3P/c1-3-20-14-11-17-23(22(20)4-2)24(21-15-9-6-10-16-21)27-28(25,26)18-19-12-7-5-8-13-19/h5-17H,3-4,18H2,1-2H3,(H,25,26). The summed E-state index contributed by atoms with van der Waals surface area (Å²) in [6.45, 7) is 4.20. The highest BCUT2D eigenvalue weighted by atomic mass is 31.2. The molecule has 0 bridgehead atoms. The molecular weight excluding hydrogens is 369 g/mol. The average Bonchev–Trinajstić information content (AvgIpc) is 2.72. The molecule has 0 aliphatic carbocycles. The Morgan fingerprint density at radius 3 is 2.11 bits per heavy atom. The molecule has 0 spiro atoms. The van der Waals surface area contributed by atoms with E-state index < -0.39 is 7.60 Å². The van der Waals surface area contributed by atoms with Gasteiger partial charge in [-0.3, -0.25) is 4.57 Å². The van der Waals surface area contributed by atoms with E-state index in [1.165, 1.54) is 10.6 Å². The van der Waals surface area contributed by atoms with E-state index in [2.05, 4.69) is 19.9 Å². The first kappa shape index (κ1) is 20.3. The largest absolute Gasteiger partial charge is 0.354 e. The Labute approximate surface area is 166 Å². The predicted molar refractivity (Wildman–Crippen MR) is 115 cm³/mol. The molecule has 0 saturated carbocycles. The minimum absolute atomic E-state index is 0.0495. The highest BCUT2D eigenvalue weighted by Crippen LogP contribution is 2.49. The van der Waals surface area contributed by atoms with Crippen LogP contribution in [0, 0.1) is 0 Å². The summed E-state index contributed by atoms with van der Waals surface area (Å²) in [5.74, 6) is 0. The first-order valence-corrected chi connectivity index (χ1v) is 11.3. The van der Waals surface area contributed by atoms with E-state index in [1.54, 1.807) is 0 Å². The van der Waals surface area contributed by atoms with Crippen LogP contribution in [-0.4, -0.2) is 4.89 Å². The molecule has 1 unspecified atom stereocenters. The molecule has 3 aromatic rings. The van der Waals surface area contributed by atoms with Crippen LogP contribution in [0.4, 0.5) is 11.4 Å². The van der Waals surface area contributed by atoms with Crippen LogP contribution in [0.3, 0.4) is 0 Å². The third-order valence-electron chi connectivity index (χ3n) is 4.63. The second-order valence-electron chi connectivity index (χ2n) is 6.61. The number of aryl methyl sites for hydroxylation is 1. The number of benzene rings is 3. The third kappa shape index (κ3) is 4.90. The number of rotatable bonds is 8. The molecule has 1 atom stereocenters. The molecule has 4 nitrogen and oxygen atoms in total. The van der Waals surface area contributed by atoms with Crippen molar-refractivity contribution in [2.75, 3.05) is 5.06 Å². The fourth-order valence-electron chi connectivity index (χ4n) is 3.31. The van der Waals surface area contributed by atoms with Gasteiger partial charge in [-0.1, -0.05) is 74.5 Å². The van der Waals surface area contributed by atoms with Crippen molar-refractivity contribution < 1.29 is 14.1 Å². The van der Waals surface area contributed by atoms with Crippen molar-refractivity contribution in [3.8, 4) is 0 Å². The predicted octanol–water partition coefficient (Wildman–Crippen LogP) is 6.27. The maximum absolute atomic E-state index is 13.0. The van der Waals surface area contributed by atoms with Gasteiger partial charge in [-0.25, -0.2) is 5.06 Å². The van der Waals surface area contributed by atoms with Crippen molar-refractivity contribution in [1.29, 1.82) is 0 Å². The summed E-state index contributed by atoms with van der Waals surface area (Å²) in [7, 11) is -3.93. The summed E-state index contributed by atoms with van der Waals surface area (Å²) in [5, 5.41) is 1.52. The Morgan fingerprint density at radius 1 is 0.857 bits per heavy atom. The highest BCUT2D eigenvalue weighted by Gasteiger charge is 2.27. The van der Waals surface area contributed by atoms with Gasteiger partial charge in [-0.2, -0.15) is 4.62 Å². The molecule has 146 valence electrons. The Hall–Kier alpha value is -2.39. The first-order valence-electron chi connectivity index (χ1n) is 9.55. The topological polar surface area (TPSA) is 49.8 Å². The molecule has 1 N–H and O–H groups in total. The summed E-state index contributed by atoms with van der Waals surface area (Å²) in [6.07, 6.45) is 1.65. The molecule has 3 rings (SSSR count). The number of anilines is 2. The van der Waals surface area contributed by atoms with Gasteiger partial charge < -0.3 is 4.89 Å². The Balaban J connectivity index is 2.01. The second kappa shape index (κ2) is 9.20. The van der Waals surface area contributed by atoms with Crippen LogP contribution in [0.1, 0.15) is 30.5 Å². The van der Waals surface area contributed by atoms with Gasteiger partial charge >= 0.3 is 7.60 Å². The van der Waals surface area contributed by atoms with Crippen LogP contribution in [0.15, 0.2) is 78.9 Å². The minimum Gasteiger partial charge on any atom is -0.323 e. The van der Waals surface area contributed by atoms with Crippen LogP contribution in [0.25, 0.3) is 0 Å². The summed E-state index contributed by atoms with van der Waals surface area (Å²) in [4.78, 5) is 10.6. The lowest BCUT2D eigenvalue weighted by Gasteiger charge is -2.28. The van der Waals surface area contributed by atoms with Gasteiger partial charge in [0.25, 0.3) is 0 Å². The maximum atomic E-state index is 13.0. The van der Waals surface area contributed by atoms with Crippen molar-refractivity contribution >= 4 is 19.0 Å². The van der Waals surface area contributed by atoms with Gasteiger partial charge in [0.05, 0.1) is 17.5 Å². The fraction of sp³-hybridized carbons (Fsp3) is 0.217. The SMILES string of the molecule is CCc1cccc(N(OP(=O)(O)Cc2ccccc2)c2ccccc2)c1CC. The molecule has 0 aromatic heterocycles. The van der Waals surface area contributed by atoms with Crippen LogP contribution < -0.4 is 5.06 Å². The lowest BCUT2D eigenvalue weighted by molar-refractivity contribution is 0.261. The molecule has 3 aromatic carbocycles. The fourth-order valence-corrected chi connectivity index (χ4v) is 4.48. The number of nitrogens with zero attached hydrogens (tertiary/aromatic N) is 1. The van der Waals surface area contributed by atoms with Crippen LogP contribution >= 0.6 is 7.60 Å². The van der Waals surface area contributed by atoms with E-state index in [4.69, 9.17) is 4.62 Å². The molecule has 5 heteroatoms. The van der Waals surface area contributed by atoms with E-state index in [-0.39, 0.29) is 6.16 Å². The molecule has 0 fully saturated rings. The van der Waals surface area contributed by atoms with Crippen molar-refractivity contribution in [3.63, 3.8) is 0 Å². The minimum atomic E-state index is -3.93. The van der Waals surface area contributed by atoms with Crippen LogP contribution in [0.2, 0.25) is 0 Å². The summed E-state index contributed by atoms with van der Waals surface area (Å²) in [5.41, 5.74) is 4.61. The summed E-state index contributed by atoms with van der Waals surface area (Å²) in [6, 6.07) is 24.7. The van der Waals surface area contributed by atoms with E-state index in [0.717, 1.165) is 29.7 Å². The lowest BCUT2D eigenvalue weighted by atomic mass is 10.0. The Bertz CT molecular complexity index is 945. The monoisotopic (exact) mass is 395 g/mol. The van der Waals surface area contributed by atoms with Crippen LogP contribution in [0.5, 0.6) is 0 Å². The first-order chi connectivity index (χ1) is 13.5. The van der Waals surface area contributed by atoms with Gasteiger partial charge in [-0.15, -0.1) is 0 Å². The van der Waals surface area contributed by atoms with Crippen molar-refractivity contribution in [3.05, 3.63) is 95.6 Å². The molecular formula is C23H26NO3P. The zero-order valence-corrected chi connectivity index (χ0v) is 17.2. The van der Waals surface area contributed by atoms with Gasteiger partial charge in [0, 0.05) is 0 Å². The van der Waals surface area contributed by atoms with E-state index in [1.807, 2.05) is 72.8 Å². The van der Waals surface area contributed by atoms with Gasteiger partial charge in [0.15, 0.2) is 0 Å². The molecule has 0 heterocycles. The average molecular weight is 395 g/mol. The highest BCUT2D eigenvalue weighted by molar-refractivity contribution is 7.52. The number of hydrogen-bond donors (Lipinski definition) is 1. The van der Waals surface area contributed by atoms with Crippen LogP contribution in [-0.2, 0) is 28.2 Å². The molecule has 0 saturated heterocycles. The maximum Gasteiger partial charge on any atom is 0.354 e. The van der Waals surface area contributed by atoms with Gasteiger partial charge in [0.2, 0.25) is 0 Å². The van der Waals surface area contributed by atoms with Crippen molar-refractivity contribution in [2.24, 2.45) is 0 Å². The van der Waals surface area contributed by atoms with Crippen molar-refractivity contribution in [1.82, 2.24) is 0 Å². The third-order valence-corrected chi connectivity index (χ3v) is 5.81. The zero-order valence-electron chi connectivity index (χ0n) is 16.3. The molecule has 28 heavy (non-hydrogen) atoms. The lowest BCUT2D eigenvalue weighted by Crippen LogP contribution is -2.19. The molecule has 0 aliphatic rings. The Morgan fingerprint density at radius 2 is 1.50 bits per heavy atom. The zero-order chi connectivity index (χ0) is 20.0. The quantitative estimate of drug-likeness (QED) is 0.361. The molecule has 0 amide bonds. The normalized spacial score (nSPS) is 13.1. The summed E-state index contributed by atoms with van der Waals surface area (Å²) < 4.78 is 18.8. The van der Waals surface area contributed by atoms with Crippen molar-refractivity contribution in [2.45, 2.75) is 32.9 Å².